The quantitative estimate of drug-likeness (QED) is 0.825. The molecule has 1 heterocycles. The molecule has 6 heteroatoms. The Morgan fingerprint density at radius 3 is 2.62 bits per heavy atom. The van der Waals surface area contributed by atoms with Crippen LogP contribution in [0, 0.1) is 0 Å². The van der Waals surface area contributed by atoms with E-state index in [2.05, 4.69) is 10.1 Å². The van der Waals surface area contributed by atoms with Gasteiger partial charge >= 0.3 is 6.18 Å². The second-order valence-electron chi connectivity index (χ2n) is 3.26. The van der Waals surface area contributed by atoms with Crippen LogP contribution in [-0.2, 0) is 17.9 Å². The predicted molar refractivity (Wildman–Crippen MR) is 51.8 cm³/mol. The van der Waals surface area contributed by atoms with Crippen molar-refractivity contribution in [2.24, 2.45) is 0 Å². The molecule has 0 unspecified atom stereocenters. The average molecular weight is 237 g/mol. The fourth-order valence-corrected chi connectivity index (χ4v) is 1.11. The summed E-state index contributed by atoms with van der Waals surface area (Å²) in [5.41, 5.74) is 0. The van der Waals surface area contributed by atoms with Crippen molar-refractivity contribution in [3.63, 3.8) is 0 Å². The van der Waals surface area contributed by atoms with Crippen molar-refractivity contribution in [3.05, 3.63) is 23.7 Å². The summed E-state index contributed by atoms with van der Waals surface area (Å²) in [5, 5.41) is 3.04. The minimum Gasteiger partial charge on any atom is -0.462 e. The molecular weight excluding hydrogens is 223 g/mol. The number of alkyl halides is 3. The number of rotatable bonds is 6. The number of ether oxygens (including phenoxy) is 1. The smallest absolute Gasteiger partial charge is 0.411 e. The third-order valence-electron chi connectivity index (χ3n) is 1.78. The maximum absolute atomic E-state index is 11.8. The lowest BCUT2D eigenvalue weighted by molar-refractivity contribution is -0.177. The number of halogens is 3. The van der Waals surface area contributed by atoms with Crippen molar-refractivity contribution >= 4 is 0 Å². The summed E-state index contributed by atoms with van der Waals surface area (Å²) >= 11 is 0. The maximum Gasteiger partial charge on any atom is 0.411 e. The number of hydrogen-bond acceptors (Lipinski definition) is 3. The molecule has 0 amide bonds. The van der Waals surface area contributed by atoms with E-state index in [0.29, 0.717) is 18.1 Å². The van der Waals surface area contributed by atoms with Crippen LogP contribution in [0.5, 0.6) is 0 Å². The first-order valence-electron chi connectivity index (χ1n) is 4.94. The van der Waals surface area contributed by atoms with Gasteiger partial charge in [0, 0.05) is 0 Å². The molecule has 0 fully saturated rings. The van der Waals surface area contributed by atoms with Crippen LogP contribution in [0.4, 0.5) is 13.2 Å². The standard InChI is InChI=1S/C10H14F3NO2/c1-2-14-5-8-3-4-9(16-8)6-15-7-10(11,12)13/h3-4,14H,2,5-7H2,1H3. The lowest BCUT2D eigenvalue weighted by atomic mass is 10.4. The Labute approximate surface area is 91.6 Å². The summed E-state index contributed by atoms with van der Waals surface area (Å²) in [6, 6.07) is 3.33. The summed E-state index contributed by atoms with van der Waals surface area (Å²) in [5.74, 6) is 1.09. The van der Waals surface area contributed by atoms with E-state index in [1.807, 2.05) is 6.92 Å². The van der Waals surface area contributed by atoms with Gasteiger partial charge in [-0.15, -0.1) is 0 Å². The topological polar surface area (TPSA) is 34.4 Å². The molecule has 3 nitrogen and oxygen atoms in total. The second kappa shape index (κ2) is 5.91. The zero-order valence-corrected chi connectivity index (χ0v) is 8.93. The Balaban J connectivity index is 2.29. The minimum absolute atomic E-state index is 0.161. The molecule has 1 aromatic heterocycles. The van der Waals surface area contributed by atoms with E-state index >= 15 is 0 Å². The summed E-state index contributed by atoms with van der Waals surface area (Å²) in [6.07, 6.45) is -4.29. The molecule has 0 aliphatic rings. The molecule has 0 saturated carbocycles. The molecular formula is C10H14F3NO2. The molecule has 0 saturated heterocycles. The monoisotopic (exact) mass is 237 g/mol. The molecule has 16 heavy (non-hydrogen) atoms. The van der Waals surface area contributed by atoms with Gasteiger partial charge < -0.3 is 14.5 Å². The van der Waals surface area contributed by atoms with E-state index in [4.69, 9.17) is 4.42 Å². The van der Waals surface area contributed by atoms with Crippen LogP contribution in [0.25, 0.3) is 0 Å². The van der Waals surface area contributed by atoms with Crippen molar-refractivity contribution in [1.29, 1.82) is 0 Å². The van der Waals surface area contributed by atoms with Gasteiger partial charge in [0.25, 0.3) is 0 Å². The number of hydrogen-bond donors (Lipinski definition) is 1. The maximum atomic E-state index is 11.8. The van der Waals surface area contributed by atoms with E-state index in [-0.39, 0.29) is 6.61 Å². The Hall–Kier alpha value is -1.01. The largest absolute Gasteiger partial charge is 0.462 e. The molecule has 0 radical (unpaired) electrons. The van der Waals surface area contributed by atoms with Crippen molar-refractivity contribution in [3.8, 4) is 0 Å². The lowest BCUT2D eigenvalue weighted by Crippen LogP contribution is -2.16. The zero-order valence-electron chi connectivity index (χ0n) is 8.93. The Kier molecular flexibility index (Phi) is 4.82. The Morgan fingerprint density at radius 1 is 1.31 bits per heavy atom. The van der Waals surface area contributed by atoms with Crippen LogP contribution in [0.15, 0.2) is 16.5 Å². The molecule has 0 aromatic carbocycles. The van der Waals surface area contributed by atoms with Crippen molar-refractivity contribution in [2.45, 2.75) is 26.3 Å². The van der Waals surface area contributed by atoms with Gasteiger partial charge in [-0.1, -0.05) is 6.92 Å². The van der Waals surface area contributed by atoms with Gasteiger partial charge in [0.05, 0.1) is 6.54 Å². The molecule has 0 bridgehead atoms. The second-order valence-corrected chi connectivity index (χ2v) is 3.26. The van der Waals surface area contributed by atoms with E-state index in [1.54, 1.807) is 12.1 Å². The molecule has 1 rings (SSSR count). The van der Waals surface area contributed by atoms with Crippen LogP contribution < -0.4 is 5.32 Å². The van der Waals surface area contributed by atoms with Crippen LogP contribution in [0.3, 0.4) is 0 Å². The van der Waals surface area contributed by atoms with Crippen LogP contribution in [-0.4, -0.2) is 19.3 Å². The fourth-order valence-electron chi connectivity index (χ4n) is 1.11. The molecule has 1 aromatic rings. The molecule has 0 atom stereocenters. The van der Waals surface area contributed by atoms with Gasteiger partial charge in [0.15, 0.2) is 0 Å². The molecule has 0 aliphatic carbocycles. The van der Waals surface area contributed by atoms with Gasteiger partial charge in [0.2, 0.25) is 0 Å². The third-order valence-corrected chi connectivity index (χ3v) is 1.78. The SMILES string of the molecule is CCNCc1ccc(COCC(F)(F)F)o1. The minimum atomic E-state index is -4.29. The van der Waals surface area contributed by atoms with Gasteiger partial charge in [-0.05, 0) is 18.7 Å². The highest BCUT2D eigenvalue weighted by Gasteiger charge is 2.27. The van der Waals surface area contributed by atoms with Crippen LogP contribution in [0.2, 0.25) is 0 Å². The zero-order chi connectivity index (χ0) is 12.0. The Bertz CT molecular complexity index is 309. The Morgan fingerprint density at radius 2 is 2.00 bits per heavy atom. The molecule has 0 aliphatic heterocycles. The van der Waals surface area contributed by atoms with E-state index in [1.165, 1.54) is 0 Å². The first-order chi connectivity index (χ1) is 7.51. The summed E-state index contributed by atoms with van der Waals surface area (Å²) < 4.78 is 45.0. The van der Waals surface area contributed by atoms with E-state index < -0.39 is 12.8 Å². The highest BCUT2D eigenvalue weighted by molar-refractivity contribution is 5.06. The van der Waals surface area contributed by atoms with Crippen LogP contribution in [0.1, 0.15) is 18.4 Å². The number of furan rings is 1. The van der Waals surface area contributed by atoms with Gasteiger partial charge in [0.1, 0.15) is 24.7 Å². The highest BCUT2D eigenvalue weighted by atomic mass is 19.4. The molecule has 92 valence electrons. The first-order valence-corrected chi connectivity index (χ1v) is 4.94. The van der Waals surface area contributed by atoms with Gasteiger partial charge in [-0.2, -0.15) is 13.2 Å². The van der Waals surface area contributed by atoms with Crippen LogP contribution >= 0.6 is 0 Å². The average Bonchev–Trinajstić information content (AvgIpc) is 2.61. The first kappa shape index (κ1) is 13.1. The third kappa shape index (κ3) is 5.18. The van der Waals surface area contributed by atoms with Crippen molar-refractivity contribution < 1.29 is 22.3 Å². The van der Waals surface area contributed by atoms with E-state index in [9.17, 15) is 13.2 Å². The summed E-state index contributed by atoms with van der Waals surface area (Å²) in [7, 11) is 0. The fraction of sp³-hybridized carbons (Fsp3) is 0.600. The van der Waals surface area contributed by atoms with Crippen molar-refractivity contribution in [2.75, 3.05) is 13.2 Å². The van der Waals surface area contributed by atoms with Gasteiger partial charge in [-0.3, -0.25) is 0 Å². The van der Waals surface area contributed by atoms with Crippen molar-refractivity contribution in [1.82, 2.24) is 5.32 Å². The lowest BCUT2D eigenvalue weighted by Gasteiger charge is -2.05. The van der Waals surface area contributed by atoms with Gasteiger partial charge in [-0.25, -0.2) is 0 Å². The number of nitrogens with one attached hydrogen (secondary N) is 1. The summed E-state index contributed by atoms with van der Waals surface area (Å²) in [4.78, 5) is 0. The molecule has 1 N–H and O–H groups in total. The predicted octanol–water partition coefficient (Wildman–Crippen LogP) is 2.47. The molecule has 0 spiro atoms. The normalized spacial score (nSPS) is 12.0. The summed E-state index contributed by atoms with van der Waals surface area (Å²) in [6.45, 7) is 1.91. The van der Waals surface area contributed by atoms with E-state index in [0.717, 1.165) is 6.54 Å². The highest BCUT2D eigenvalue weighted by Crippen LogP contribution is 2.16.